The third kappa shape index (κ3) is 7.92. The molecule has 0 aliphatic rings. The molecule has 0 saturated carbocycles. The van der Waals surface area contributed by atoms with Gasteiger partial charge in [0, 0.05) is 0 Å². The summed E-state index contributed by atoms with van der Waals surface area (Å²) < 4.78 is 0. The molecule has 0 radical (unpaired) electrons. The quantitative estimate of drug-likeness (QED) is 0.114. The van der Waals surface area contributed by atoms with E-state index in [-0.39, 0.29) is 22.6 Å². The van der Waals surface area contributed by atoms with Crippen molar-refractivity contribution in [1.29, 1.82) is 0 Å². The Morgan fingerprint density at radius 3 is 1.24 bits per heavy atom. The van der Waals surface area contributed by atoms with Gasteiger partial charge in [-0.05, 0) is 97.9 Å². The molecule has 0 heterocycles. The number of aromatic hydroxyl groups is 2. The Kier molecular flexibility index (Phi) is 10.5. The maximum absolute atomic E-state index is 12.1. The summed E-state index contributed by atoms with van der Waals surface area (Å²) in [4.78, 5) is 24.9. The van der Waals surface area contributed by atoms with E-state index >= 15 is 0 Å². The van der Waals surface area contributed by atoms with Gasteiger partial charge in [0.15, 0.2) is 0 Å². The van der Waals surface area contributed by atoms with Crippen LogP contribution in [-0.2, 0) is 25.7 Å². The fourth-order valence-electron chi connectivity index (χ4n) is 5.01. The van der Waals surface area contributed by atoms with E-state index in [1.807, 2.05) is 36.4 Å². The van der Waals surface area contributed by atoms with Crippen LogP contribution >= 0.6 is 11.8 Å². The molecule has 0 spiro atoms. The number of rotatable bonds is 14. The molecule has 4 aromatic rings. The van der Waals surface area contributed by atoms with E-state index in [1.165, 1.54) is 35.4 Å². The standard InChI is InChI=1S/C34H34O6S/c35-29-21-19-27(33(37)38)25(17-9-7-15-23-11-3-1-4-12-23)31(29)41-32-26(28(34(39)40)20-22-30(32)36)18-10-8-16-24-13-5-2-6-14-24/h1-6,11-14,19-22,35-36H,7-10,15-18H2,(H,37,38)(H,39,40). The van der Waals surface area contributed by atoms with Crippen molar-refractivity contribution >= 4 is 23.7 Å². The lowest BCUT2D eigenvalue weighted by Crippen LogP contribution is -2.07. The molecule has 0 aliphatic carbocycles. The number of benzene rings is 4. The summed E-state index contributed by atoms with van der Waals surface area (Å²) in [7, 11) is 0. The van der Waals surface area contributed by atoms with Crippen LogP contribution in [0.4, 0.5) is 0 Å². The maximum atomic E-state index is 12.1. The number of carboxylic acids is 2. The van der Waals surface area contributed by atoms with E-state index in [1.54, 1.807) is 0 Å². The van der Waals surface area contributed by atoms with E-state index in [0.717, 1.165) is 37.4 Å². The molecular weight excluding hydrogens is 536 g/mol. The minimum absolute atomic E-state index is 0.0864. The van der Waals surface area contributed by atoms with Crippen molar-refractivity contribution in [3.8, 4) is 11.5 Å². The van der Waals surface area contributed by atoms with Gasteiger partial charge in [0.25, 0.3) is 0 Å². The Morgan fingerprint density at radius 2 is 0.878 bits per heavy atom. The molecule has 0 unspecified atom stereocenters. The summed E-state index contributed by atoms with van der Waals surface area (Å²) in [5, 5.41) is 41.6. The average Bonchev–Trinajstić information content (AvgIpc) is 2.97. The van der Waals surface area contributed by atoms with Gasteiger partial charge in [0.05, 0.1) is 20.9 Å². The SMILES string of the molecule is O=C(O)c1ccc(O)c(Sc2c(O)ccc(C(=O)O)c2CCCCc2ccccc2)c1CCCCc1ccccc1. The fraction of sp³-hybridized carbons (Fsp3) is 0.235. The number of carboxylic acid groups (broad SMARTS) is 2. The van der Waals surface area contributed by atoms with E-state index in [4.69, 9.17) is 0 Å². The predicted molar refractivity (Wildman–Crippen MR) is 160 cm³/mol. The third-order valence-corrected chi connectivity index (χ3v) is 8.43. The van der Waals surface area contributed by atoms with Crippen molar-refractivity contribution in [2.24, 2.45) is 0 Å². The topological polar surface area (TPSA) is 115 Å². The van der Waals surface area contributed by atoms with Crippen molar-refractivity contribution in [2.75, 3.05) is 0 Å². The van der Waals surface area contributed by atoms with Crippen molar-refractivity contribution in [3.63, 3.8) is 0 Å². The first-order valence-electron chi connectivity index (χ1n) is 13.8. The van der Waals surface area contributed by atoms with Gasteiger partial charge in [-0.3, -0.25) is 0 Å². The molecule has 0 aliphatic heterocycles. The summed E-state index contributed by atoms with van der Waals surface area (Å²) in [5.41, 5.74) is 3.52. The van der Waals surface area contributed by atoms with Crippen molar-refractivity contribution < 1.29 is 30.0 Å². The molecule has 0 atom stereocenters. The number of hydrogen-bond donors (Lipinski definition) is 4. The molecule has 0 bridgehead atoms. The minimum Gasteiger partial charge on any atom is -0.507 e. The molecule has 41 heavy (non-hydrogen) atoms. The number of phenolic OH excluding ortho intramolecular Hbond substituents is 2. The Hall–Kier alpha value is -4.23. The Balaban J connectivity index is 1.60. The number of unbranched alkanes of at least 4 members (excludes halogenated alkanes) is 2. The first kappa shape index (κ1) is 29.7. The van der Waals surface area contributed by atoms with Gasteiger partial charge >= 0.3 is 11.9 Å². The van der Waals surface area contributed by atoms with E-state index < -0.39 is 11.9 Å². The molecule has 212 valence electrons. The lowest BCUT2D eigenvalue weighted by molar-refractivity contribution is 0.0684. The summed E-state index contributed by atoms with van der Waals surface area (Å²) in [6, 6.07) is 25.6. The molecule has 6 nitrogen and oxygen atoms in total. The van der Waals surface area contributed by atoms with Crippen LogP contribution in [0.2, 0.25) is 0 Å². The zero-order valence-electron chi connectivity index (χ0n) is 22.8. The lowest BCUT2D eigenvalue weighted by atomic mass is 9.99. The Bertz CT molecular complexity index is 1370. The number of aryl methyl sites for hydroxylation is 2. The van der Waals surface area contributed by atoms with E-state index in [9.17, 15) is 30.0 Å². The highest BCUT2D eigenvalue weighted by Crippen LogP contribution is 2.45. The molecule has 0 fully saturated rings. The monoisotopic (exact) mass is 570 g/mol. The molecule has 4 aromatic carbocycles. The lowest BCUT2D eigenvalue weighted by Gasteiger charge is -2.18. The van der Waals surface area contributed by atoms with E-state index in [2.05, 4.69) is 24.3 Å². The molecule has 4 rings (SSSR count). The fourth-order valence-corrected chi connectivity index (χ4v) is 6.23. The predicted octanol–water partition coefficient (Wildman–Crippen LogP) is 7.78. The second-order valence-corrected chi connectivity index (χ2v) is 11.0. The van der Waals surface area contributed by atoms with Crippen LogP contribution in [0.5, 0.6) is 11.5 Å². The van der Waals surface area contributed by atoms with Crippen molar-refractivity contribution in [3.05, 3.63) is 118 Å². The van der Waals surface area contributed by atoms with Gasteiger partial charge in [-0.2, -0.15) is 0 Å². The van der Waals surface area contributed by atoms with Gasteiger partial charge in [-0.25, -0.2) is 9.59 Å². The molecule has 4 N–H and O–H groups in total. The summed E-state index contributed by atoms with van der Waals surface area (Å²) in [6.45, 7) is 0. The second-order valence-electron chi connectivity index (χ2n) is 9.98. The van der Waals surface area contributed by atoms with Gasteiger partial charge < -0.3 is 20.4 Å². The third-order valence-electron chi connectivity index (χ3n) is 7.11. The Labute approximate surface area is 244 Å². The van der Waals surface area contributed by atoms with Crippen LogP contribution in [0.25, 0.3) is 0 Å². The average molecular weight is 571 g/mol. The first-order valence-corrected chi connectivity index (χ1v) is 14.6. The summed E-state index contributed by atoms with van der Waals surface area (Å²) in [6.07, 6.45) is 5.57. The zero-order valence-corrected chi connectivity index (χ0v) is 23.6. The van der Waals surface area contributed by atoms with E-state index in [0.29, 0.717) is 46.6 Å². The van der Waals surface area contributed by atoms with Crippen LogP contribution in [0.1, 0.15) is 68.7 Å². The molecule has 7 heteroatoms. The molecule has 0 aromatic heterocycles. The largest absolute Gasteiger partial charge is 0.507 e. The number of hydrogen-bond acceptors (Lipinski definition) is 5. The first-order chi connectivity index (χ1) is 19.8. The van der Waals surface area contributed by atoms with Crippen molar-refractivity contribution in [1.82, 2.24) is 0 Å². The van der Waals surface area contributed by atoms with Crippen LogP contribution in [-0.4, -0.2) is 32.4 Å². The normalized spacial score (nSPS) is 10.9. The highest BCUT2D eigenvalue weighted by molar-refractivity contribution is 7.99. The summed E-state index contributed by atoms with van der Waals surface area (Å²) in [5.74, 6) is -2.41. The van der Waals surface area contributed by atoms with Gasteiger partial charge in [0.1, 0.15) is 11.5 Å². The molecule has 0 amide bonds. The van der Waals surface area contributed by atoms with Gasteiger partial charge in [-0.15, -0.1) is 0 Å². The highest BCUT2D eigenvalue weighted by atomic mass is 32.2. The maximum Gasteiger partial charge on any atom is 0.336 e. The van der Waals surface area contributed by atoms with Crippen LogP contribution in [0.3, 0.4) is 0 Å². The number of phenols is 2. The van der Waals surface area contributed by atoms with Gasteiger partial charge in [0.2, 0.25) is 0 Å². The zero-order chi connectivity index (χ0) is 29.2. The highest BCUT2D eigenvalue weighted by Gasteiger charge is 2.23. The molecule has 0 saturated heterocycles. The van der Waals surface area contributed by atoms with Gasteiger partial charge in [-0.1, -0.05) is 72.4 Å². The van der Waals surface area contributed by atoms with Crippen LogP contribution in [0.15, 0.2) is 94.7 Å². The molecular formula is C34H34O6S. The second kappa shape index (κ2) is 14.4. The number of carbonyl (C=O) groups is 2. The smallest absolute Gasteiger partial charge is 0.336 e. The number of aromatic carboxylic acids is 2. The summed E-state index contributed by atoms with van der Waals surface area (Å²) >= 11 is 1.04. The minimum atomic E-state index is -1.10. The van der Waals surface area contributed by atoms with Crippen LogP contribution in [0, 0.1) is 0 Å². The Morgan fingerprint density at radius 1 is 0.512 bits per heavy atom. The van der Waals surface area contributed by atoms with Crippen molar-refractivity contribution in [2.45, 2.75) is 61.2 Å². The van der Waals surface area contributed by atoms with Crippen LogP contribution < -0.4 is 0 Å².